The molecular formula is C17H21N3O4S. The largest absolute Gasteiger partial charge is 0.492 e. The average Bonchev–Trinajstić information content (AvgIpc) is 2.56. The Morgan fingerprint density at radius 2 is 1.80 bits per heavy atom. The van der Waals surface area contributed by atoms with Crippen molar-refractivity contribution in [2.24, 2.45) is 5.14 Å². The number of primary sulfonamides is 1. The summed E-state index contributed by atoms with van der Waals surface area (Å²) >= 11 is 0. The third-order valence-corrected chi connectivity index (χ3v) is 4.32. The number of sulfonamides is 1. The van der Waals surface area contributed by atoms with Gasteiger partial charge in [-0.05, 0) is 43.2 Å². The van der Waals surface area contributed by atoms with Gasteiger partial charge >= 0.3 is 6.03 Å². The molecule has 0 radical (unpaired) electrons. The van der Waals surface area contributed by atoms with E-state index in [0.29, 0.717) is 31.0 Å². The molecule has 0 bridgehead atoms. The number of para-hydroxylation sites is 2. The average molecular weight is 363 g/mol. The van der Waals surface area contributed by atoms with Crippen molar-refractivity contribution in [1.82, 2.24) is 5.32 Å². The number of nitrogens with two attached hydrogens (primary N) is 1. The van der Waals surface area contributed by atoms with Crippen LogP contribution in [0.5, 0.6) is 5.75 Å². The van der Waals surface area contributed by atoms with E-state index in [9.17, 15) is 13.2 Å². The molecule has 0 spiro atoms. The quantitative estimate of drug-likeness (QED) is 0.699. The van der Waals surface area contributed by atoms with Crippen molar-refractivity contribution in [1.29, 1.82) is 0 Å². The highest BCUT2D eigenvalue weighted by atomic mass is 32.2. The predicted molar refractivity (Wildman–Crippen MR) is 96.2 cm³/mol. The molecule has 134 valence electrons. The summed E-state index contributed by atoms with van der Waals surface area (Å²) < 4.78 is 27.8. The van der Waals surface area contributed by atoms with Crippen molar-refractivity contribution < 1.29 is 17.9 Å². The van der Waals surface area contributed by atoms with Gasteiger partial charge in [0.1, 0.15) is 5.75 Å². The molecule has 25 heavy (non-hydrogen) atoms. The lowest BCUT2D eigenvalue weighted by Gasteiger charge is -2.12. The van der Waals surface area contributed by atoms with Crippen molar-refractivity contribution in [3.63, 3.8) is 0 Å². The Hall–Kier alpha value is -2.58. The summed E-state index contributed by atoms with van der Waals surface area (Å²) in [5, 5.41) is 10.5. The zero-order chi connectivity index (χ0) is 18.3. The van der Waals surface area contributed by atoms with Gasteiger partial charge in [0.2, 0.25) is 10.0 Å². The normalized spacial score (nSPS) is 11.0. The zero-order valence-corrected chi connectivity index (χ0v) is 14.7. The first-order valence-electron chi connectivity index (χ1n) is 7.78. The standard InChI is InChI=1S/C17H21N3O4S/c1-2-24-16-6-4-3-5-15(16)20-17(21)19-12-11-13-7-9-14(10-8-13)25(18,22)23/h3-10H,2,11-12H2,1H3,(H2,18,22,23)(H2,19,20,21). The van der Waals surface area contributed by atoms with Crippen LogP contribution in [0.1, 0.15) is 12.5 Å². The van der Waals surface area contributed by atoms with Gasteiger partial charge in [-0.15, -0.1) is 0 Å². The highest BCUT2D eigenvalue weighted by Gasteiger charge is 2.08. The molecule has 2 rings (SSSR count). The number of carbonyl (C=O) groups excluding carboxylic acids is 1. The van der Waals surface area contributed by atoms with E-state index in [1.165, 1.54) is 12.1 Å². The minimum Gasteiger partial charge on any atom is -0.492 e. The SMILES string of the molecule is CCOc1ccccc1NC(=O)NCCc1ccc(S(N)(=O)=O)cc1. The van der Waals surface area contributed by atoms with Crippen LogP contribution in [-0.4, -0.2) is 27.6 Å². The van der Waals surface area contributed by atoms with Crippen LogP contribution in [0, 0.1) is 0 Å². The van der Waals surface area contributed by atoms with Gasteiger partial charge in [0.05, 0.1) is 17.2 Å². The maximum Gasteiger partial charge on any atom is 0.319 e. The monoisotopic (exact) mass is 363 g/mol. The number of nitrogens with one attached hydrogen (secondary N) is 2. The summed E-state index contributed by atoms with van der Waals surface area (Å²) in [6.07, 6.45) is 0.561. The van der Waals surface area contributed by atoms with Crippen molar-refractivity contribution in [3.05, 3.63) is 54.1 Å². The highest BCUT2D eigenvalue weighted by Crippen LogP contribution is 2.23. The minimum absolute atomic E-state index is 0.0643. The first kappa shape index (κ1) is 18.8. The van der Waals surface area contributed by atoms with Crippen LogP contribution < -0.4 is 20.5 Å². The van der Waals surface area contributed by atoms with Crippen molar-refractivity contribution in [2.75, 3.05) is 18.5 Å². The number of anilines is 1. The number of hydrogen-bond acceptors (Lipinski definition) is 4. The first-order valence-corrected chi connectivity index (χ1v) is 9.33. The number of ether oxygens (including phenoxy) is 1. The lowest BCUT2D eigenvalue weighted by atomic mass is 10.1. The molecular weight excluding hydrogens is 342 g/mol. The van der Waals surface area contributed by atoms with Gasteiger partial charge in [0, 0.05) is 6.54 Å². The van der Waals surface area contributed by atoms with Gasteiger partial charge in [0.15, 0.2) is 0 Å². The maximum atomic E-state index is 12.0. The molecule has 2 amide bonds. The topological polar surface area (TPSA) is 111 Å². The number of carbonyl (C=O) groups is 1. The van der Waals surface area contributed by atoms with Crippen LogP contribution in [0.3, 0.4) is 0 Å². The van der Waals surface area contributed by atoms with Crippen LogP contribution in [0.25, 0.3) is 0 Å². The fourth-order valence-electron chi connectivity index (χ4n) is 2.18. The van der Waals surface area contributed by atoms with Gasteiger partial charge in [-0.2, -0.15) is 0 Å². The van der Waals surface area contributed by atoms with Gasteiger partial charge in [-0.25, -0.2) is 18.4 Å². The Bertz CT molecular complexity index is 820. The molecule has 8 heteroatoms. The smallest absolute Gasteiger partial charge is 0.319 e. The number of amides is 2. The van der Waals surface area contributed by atoms with Crippen molar-refractivity contribution in [2.45, 2.75) is 18.2 Å². The molecule has 0 aliphatic rings. The molecule has 0 fully saturated rings. The van der Waals surface area contributed by atoms with E-state index in [-0.39, 0.29) is 10.9 Å². The molecule has 0 unspecified atom stereocenters. The van der Waals surface area contributed by atoms with E-state index in [1.54, 1.807) is 24.3 Å². The fourth-order valence-corrected chi connectivity index (χ4v) is 2.70. The molecule has 0 saturated carbocycles. The number of urea groups is 1. The summed E-state index contributed by atoms with van der Waals surface area (Å²) in [5.41, 5.74) is 1.49. The Labute approximate surface area is 147 Å². The number of rotatable bonds is 7. The summed E-state index contributed by atoms with van der Waals surface area (Å²) in [6.45, 7) is 2.78. The van der Waals surface area contributed by atoms with E-state index in [2.05, 4.69) is 10.6 Å². The van der Waals surface area contributed by atoms with E-state index >= 15 is 0 Å². The molecule has 0 aliphatic heterocycles. The van der Waals surface area contributed by atoms with Gasteiger partial charge < -0.3 is 15.4 Å². The number of hydrogen-bond donors (Lipinski definition) is 3. The Morgan fingerprint density at radius 3 is 2.44 bits per heavy atom. The summed E-state index contributed by atoms with van der Waals surface area (Å²) in [5.74, 6) is 0.610. The molecule has 0 heterocycles. The van der Waals surface area contributed by atoms with Crippen LogP contribution in [0.2, 0.25) is 0 Å². The van der Waals surface area contributed by atoms with E-state index in [4.69, 9.17) is 9.88 Å². The zero-order valence-electron chi connectivity index (χ0n) is 13.9. The van der Waals surface area contributed by atoms with Gasteiger partial charge in [-0.1, -0.05) is 24.3 Å². The summed E-state index contributed by atoms with van der Waals surface area (Å²) in [4.78, 5) is 12.0. The number of benzene rings is 2. The molecule has 0 aliphatic carbocycles. The lowest BCUT2D eigenvalue weighted by Crippen LogP contribution is -2.30. The van der Waals surface area contributed by atoms with E-state index in [1.807, 2.05) is 19.1 Å². The van der Waals surface area contributed by atoms with Gasteiger partial charge in [0.25, 0.3) is 0 Å². The summed E-state index contributed by atoms with van der Waals surface area (Å²) in [6, 6.07) is 13.1. The third-order valence-electron chi connectivity index (χ3n) is 3.39. The third kappa shape index (κ3) is 5.77. The van der Waals surface area contributed by atoms with Crippen LogP contribution in [0.4, 0.5) is 10.5 Å². The molecule has 7 nitrogen and oxygen atoms in total. The second kappa shape index (κ2) is 8.50. The highest BCUT2D eigenvalue weighted by molar-refractivity contribution is 7.89. The molecule has 0 atom stereocenters. The second-order valence-corrected chi connectivity index (χ2v) is 6.81. The maximum absolute atomic E-state index is 12.0. The Balaban J connectivity index is 1.85. The fraction of sp³-hybridized carbons (Fsp3) is 0.235. The van der Waals surface area contributed by atoms with Gasteiger partial charge in [-0.3, -0.25) is 0 Å². The van der Waals surface area contributed by atoms with E-state index < -0.39 is 10.0 Å². The molecule has 2 aromatic rings. The summed E-state index contributed by atoms with van der Waals surface area (Å²) in [7, 11) is -3.69. The van der Waals surface area contributed by atoms with Crippen LogP contribution in [0.15, 0.2) is 53.4 Å². The lowest BCUT2D eigenvalue weighted by molar-refractivity contribution is 0.252. The molecule has 4 N–H and O–H groups in total. The predicted octanol–water partition coefficient (Wildman–Crippen LogP) is 2.10. The van der Waals surface area contributed by atoms with Crippen LogP contribution in [-0.2, 0) is 16.4 Å². The van der Waals surface area contributed by atoms with Crippen molar-refractivity contribution in [3.8, 4) is 5.75 Å². The Morgan fingerprint density at radius 1 is 1.12 bits per heavy atom. The second-order valence-electron chi connectivity index (χ2n) is 5.25. The van der Waals surface area contributed by atoms with E-state index in [0.717, 1.165) is 5.56 Å². The minimum atomic E-state index is -3.69. The molecule has 2 aromatic carbocycles. The Kier molecular flexibility index (Phi) is 6.37. The molecule has 0 aromatic heterocycles. The molecule has 0 saturated heterocycles. The first-order chi connectivity index (χ1) is 11.9. The van der Waals surface area contributed by atoms with Crippen LogP contribution >= 0.6 is 0 Å². The van der Waals surface area contributed by atoms with Crippen molar-refractivity contribution >= 4 is 21.7 Å².